The quantitative estimate of drug-likeness (QED) is 0.811. The van der Waals surface area contributed by atoms with Gasteiger partial charge in [0.15, 0.2) is 0 Å². The van der Waals surface area contributed by atoms with E-state index in [1.54, 1.807) is 6.08 Å². The van der Waals surface area contributed by atoms with Gasteiger partial charge < -0.3 is 10.1 Å². The molecule has 0 saturated heterocycles. The van der Waals surface area contributed by atoms with Crippen molar-refractivity contribution in [2.45, 2.75) is 13.8 Å². The first kappa shape index (κ1) is 12.8. The third kappa shape index (κ3) is 2.31. The van der Waals surface area contributed by atoms with Crippen LogP contribution in [-0.2, 0) is 0 Å². The molecule has 0 amide bonds. The Morgan fingerprint density at radius 1 is 1.39 bits per heavy atom. The lowest BCUT2D eigenvalue weighted by Gasteiger charge is -2.13. The summed E-state index contributed by atoms with van der Waals surface area (Å²) in [5.41, 5.74) is -0.956. The molecule has 0 unspecified atom stereocenters. The highest BCUT2D eigenvalue weighted by Crippen LogP contribution is 2.24. The van der Waals surface area contributed by atoms with Crippen molar-refractivity contribution in [1.82, 2.24) is 4.98 Å². The predicted octanol–water partition coefficient (Wildman–Crippen LogP) is 0.953. The van der Waals surface area contributed by atoms with Gasteiger partial charge in [0, 0.05) is 26.7 Å². The van der Waals surface area contributed by atoms with E-state index in [2.05, 4.69) is 20.9 Å². The Morgan fingerprint density at radius 3 is 2.67 bits per heavy atom. The molecule has 1 heterocycles. The van der Waals surface area contributed by atoms with Crippen molar-refractivity contribution in [3.63, 3.8) is 0 Å². The Morgan fingerprint density at radius 2 is 2.06 bits per heavy atom. The molecule has 1 aromatic heterocycles. The van der Waals surface area contributed by atoms with Crippen LogP contribution in [0.1, 0.15) is 24.2 Å². The fraction of sp³-hybridized carbons (Fsp3) is 0.231. The summed E-state index contributed by atoms with van der Waals surface area (Å²) in [5, 5.41) is 9.94. The Balaban J connectivity index is 2.92. The molecule has 0 fully saturated rings. The van der Waals surface area contributed by atoms with Crippen LogP contribution in [0.5, 0.6) is 0 Å². The fourth-order valence-corrected chi connectivity index (χ4v) is 2.75. The van der Waals surface area contributed by atoms with Crippen LogP contribution in [0.25, 0.3) is 12.2 Å². The number of rotatable bonds is 1. The normalized spacial score (nSPS) is 16.7. The number of hydrogen-bond donors (Lipinski definition) is 2. The van der Waals surface area contributed by atoms with Gasteiger partial charge in [-0.2, -0.15) is 0 Å². The number of hydrogen-bond acceptors (Lipinski definition) is 2. The molecule has 94 valence electrons. The minimum atomic E-state index is -1.23. The average molecular weight is 310 g/mol. The van der Waals surface area contributed by atoms with E-state index in [0.717, 1.165) is 4.48 Å². The van der Waals surface area contributed by atoms with E-state index in [1.165, 1.54) is 6.20 Å². The molecule has 0 aromatic carbocycles. The molecule has 0 saturated carbocycles. The number of carboxylic acid groups (broad SMARTS) is 1. The highest BCUT2D eigenvalue weighted by Gasteiger charge is 2.16. The van der Waals surface area contributed by atoms with Crippen molar-refractivity contribution in [2.75, 3.05) is 0 Å². The fourth-order valence-electron chi connectivity index (χ4n) is 1.93. The van der Waals surface area contributed by atoms with Crippen LogP contribution in [0.4, 0.5) is 0 Å². The molecule has 0 aliphatic heterocycles. The summed E-state index contributed by atoms with van der Waals surface area (Å²) in [4.78, 5) is 25.9. The third-order valence-electron chi connectivity index (χ3n) is 2.69. The van der Waals surface area contributed by atoms with Crippen LogP contribution < -0.4 is 16.0 Å². The summed E-state index contributed by atoms with van der Waals surface area (Å²) in [7, 11) is 0. The zero-order valence-corrected chi connectivity index (χ0v) is 11.5. The van der Waals surface area contributed by atoms with E-state index in [0.29, 0.717) is 10.6 Å². The molecule has 0 spiro atoms. The summed E-state index contributed by atoms with van der Waals surface area (Å²) in [6, 6.07) is 0. The maximum absolute atomic E-state index is 12.1. The van der Waals surface area contributed by atoms with Crippen LogP contribution in [0.15, 0.2) is 21.5 Å². The van der Waals surface area contributed by atoms with E-state index in [4.69, 9.17) is 5.11 Å². The smallest absolute Gasteiger partial charge is 0.341 e. The standard InChI is InChI=1S/C13H12BrNO3/c1-13(2)4-7(14)3-8-10(5-13)15-6-9(11(8)16)12(17)18/h3-6,15H,1-2H3,(H,17,18). The first-order valence-electron chi connectivity index (χ1n) is 5.38. The van der Waals surface area contributed by atoms with Gasteiger partial charge >= 0.3 is 5.97 Å². The van der Waals surface area contributed by atoms with Gasteiger partial charge in [-0.1, -0.05) is 41.9 Å². The lowest BCUT2D eigenvalue weighted by molar-refractivity contribution is 0.0695. The minimum Gasteiger partial charge on any atom is -0.477 e. The molecular formula is C13H12BrNO3. The Labute approximate surface area is 111 Å². The van der Waals surface area contributed by atoms with E-state index in [9.17, 15) is 9.59 Å². The Kier molecular flexibility index (Phi) is 3.02. The van der Waals surface area contributed by atoms with E-state index >= 15 is 0 Å². The molecule has 4 nitrogen and oxygen atoms in total. The second kappa shape index (κ2) is 4.24. The lowest BCUT2D eigenvalue weighted by atomic mass is 9.93. The highest BCUT2D eigenvalue weighted by atomic mass is 79.9. The van der Waals surface area contributed by atoms with Crippen molar-refractivity contribution in [2.24, 2.45) is 5.41 Å². The molecule has 1 aliphatic carbocycles. The summed E-state index contributed by atoms with van der Waals surface area (Å²) >= 11 is 3.36. The molecule has 0 atom stereocenters. The van der Waals surface area contributed by atoms with Gasteiger partial charge in [-0.05, 0) is 6.08 Å². The van der Waals surface area contributed by atoms with Crippen LogP contribution in [-0.4, -0.2) is 16.1 Å². The summed E-state index contributed by atoms with van der Waals surface area (Å²) < 4.78 is 0.760. The number of pyridine rings is 1. The van der Waals surface area contributed by atoms with E-state index in [1.807, 2.05) is 26.0 Å². The second-order valence-corrected chi connectivity index (χ2v) is 5.72. The van der Waals surface area contributed by atoms with Crippen LogP contribution in [0.3, 0.4) is 0 Å². The minimum absolute atomic E-state index is 0.228. The van der Waals surface area contributed by atoms with Gasteiger partial charge in [0.25, 0.3) is 0 Å². The number of H-pyrrole nitrogens is 1. The molecule has 1 aliphatic rings. The molecule has 5 heteroatoms. The zero-order valence-electron chi connectivity index (χ0n) is 9.95. The summed E-state index contributed by atoms with van der Waals surface area (Å²) in [6.45, 7) is 4.00. The van der Waals surface area contributed by atoms with Crippen molar-refractivity contribution in [3.8, 4) is 0 Å². The molecule has 2 N–H and O–H groups in total. The lowest BCUT2D eigenvalue weighted by Crippen LogP contribution is -2.44. The SMILES string of the molecule is CC1(C)C=C(Br)C=c2c([nH]cc(C(=O)O)c2=O)=C1. The number of carbonyl (C=O) groups is 1. The molecule has 0 radical (unpaired) electrons. The number of aromatic nitrogens is 1. The Bertz CT molecular complexity index is 726. The van der Waals surface area contributed by atoms with Crippen molar-refractivity contribution in [3.05, 3.63) is 43.1 Å². The van der Waals surface area contributed by atoms with Crippen LogP contribution in [0, 0.1) is 5.41 Å². The number of carboxylic acids is 1. The third-order valence-corrected chi connectivity index (χ3v) is 3.15. The number of nitrogens with one attached hydrogen (secondary N) is 1. The summed E-state index contributed by atoms with van der Waals surface area (Å²) in [5.74, 6) is -1.23. The van der Waals surface area contributed by atoms with Gasteiger partial charge in [0.2, 0.25) is 5.43 Å². The van der Waals surface area contributed by atoms with Crippen LogP contribution >= 0.6 is 15.9 Å². The number of fused-ring (bicyclic) bond motifs is 1. The second-order valence-electron chi connectivity index (χ2n) is 4.80. The number of aromatic amines is 1. The monoisotopic (exact) mass is 309 g/mol. The van der Waals surface area contributed by atoms with Gasteiger partial charge in [-0.25, -0.2) is 4.79 Å². The molecule has 0 bridgehead atoms. The number of aromatic carboxylic acids is 1. The van der Waals surface area contributed by atoms with Crippen molar-refractivity contribution >= 4 is 34.1 Å². The largest absolute Gasteiger partial charge is 0.477 e. The van der Waals surface area contributed by atoms with Crippen LogP contribution in [0.2, 0.25) is 0 Å². The predicted molar refractivity (Wildman–Crippen MR) is 73.0 cm³/mol. The topological polar surface area (TPSA) is 70.2 Å². The maximum Gasteiger partial charge on any atom is 0.341 e. The molecule has 18 heavy (non-hydrogen) atoms. The maximum atomic E-state index is 12.1. The van der Waals surface area contributed by atoms with Gasteiger partial charge in [0.1, 0.15) is 5.56 Å². The number of halogens is 1. The van der Waals surface area contributed by atoms with Gasteiger partial charge in [0.05, 0.1) is 0 Å². The molecule has 1 aromatic rings. The van der Waals surface area contributed by atoms with E-state index < -0.39 is 11.4 Å². The molecule has 2 rings (SSSR count). The Hall–Kier alpha value is -1.62. The highest BCUT2D eigenvalue weighted by molar-refractivity contribution is 9.12. The first-order valence-corrected chi connectivity index (χ1v) is 6.17. The number of allylic oxidation sites excluding steroid dienone is 2. The van der Waals surface area contributed by atoms with Gasteiger partial charge in [-0.15, -0.1) is 0 Å². The van der Waals surface area contributed by atoms with E-state index in [-0.39, 0.29) is 11.0 Å². The van der Waals surface area contributed by atoms with Crippen molar-refractivity contribution in [1.29, 1.82) is 0 Å². The zero-order chi connectivity index (χ0) is 13.5. The first-order chi connectivity index (χ1) is 8.30. The molecular weight excluding hydrogens is 298 g/mol. The van der Waals surface area contributed by atoms with Gasteiger partial charge in [-0.3, -0.25) is 4.79 Å². The summed E-state index contributed by atoms with van der Waals surface area (Å²) in [6.07, 6.45) is 6.75. The van der Waals surface area contributed by atoms with Crippen molar-refractivity contribution < 1.29 is 9.90 Å². The average Bonchev–Trinajstić information content (AvgIpc) is 2.32.